The highest BCUT2D eigenvalue weighted by atomic mass is 32.2. The number of imidazole rings is 1. The SMILES string of the molecule is Cn1cnc(N)c1S(=O)(=O)Nc1ccc2nccnc2c1. The highest BCUT2D eigenvalue weighted by Gasteiger charge is 2.22. The molecule has 3 rings (SSSR count). The van der Waals surface area contributed by atoms with Gasteiger partial charge in [-0.1, -0.05) is 0 Å². The summed E-state index contributed by atoms with van der Waals surface area (Å²) in [7, 11) is -2.26. The highest BCUT2D eigenvalue weighted by molar-refractivity contribution is 7.92. The van der Waals surface area contributed by atoms with E-state index in [0.717, 1.165) is 0 Å². The number of anilines is 2. The number of fused-ring (bicyclic) bond motifs is 1. The molecule has 0 fully saturated rings. The Bertz CT molecular complexity index is 899. The van der Waals surface area contributed by atoms with E-state index < -0.39 is 10.0 Å². The van der Waals surface area contributed by atoms with Gasteiger partial charge in [-0.2, -0.15) is 8.42 Å². The van der Waals surface area contributed by atoms with Crippen LogP contribution in [0.1, 0.15) is 0 Å². The number of nitrogens with one attached hydrogen (secondary N) is 1. The van der Waals surface area contributed by atoms with E-state index in [9.17, 15) is 8.42 Å². The predicted molar refractivity (Wildman–Crippen MR) is 78.0 cm³/mol. The molecule has 0 radical (unpaired) electrons. The molecule has 0 unspecified atom stereocenters. The van der Waals surface area contributed by atoms with Crippen molar-refractivity contribution in [3.63, 3.8) is 0 Å². The number of sulfonamides is 1. The van der Waals surface area contributed by atoms with E-state index in [1.54, 1.807) is 37.6 Å². The smallest absolute Gasteiger partial charge is 0.281 e. The molecule has 0 spiro atoms. The van der Waals surface area contributed by atoms with Crippen molar-refractivity contribution in [1.29, 1.82) is 0 Å². The minimum Gasteiger partial charge on any atom is -0.381 e. The fourth-order valence-electron chi connectivity index (χ4n) is 1.99. The molecule has 9 heteroatoms. The van der Waals surface area contributed by atoms with E-state index in [1.165, 1.54) is 10.9 Å². The molecule has 0 amide bonds. The lowest BCUT2D eigenvalue weighted by atomic mass is 10.3. The van der Waals surface area contributed by atoms with Crippen molar-refractivity contribution in [1.82, 2.24) is 19.5 Å². The quantitative estimate of drug-likeness (QED) is 0.737. The normalized spacial score (nSPS) is 11.7. The number of hydrogen-bond donors (Lipinski definition) is 2. The molecule has 0 aliphatic rings. The predicted octanol–water partition coefficient (Wildman–Crippen LogP) is 0.746. The maximum atomic E-state index is 12.4. The lowest BCUT2D eigenvalue weighted by molar-refractivity contribution is 0.592. The summed E-state index contributed by atoms with van der Waals surface area (Å²) in [4.78, 5) is 12.0. The minimum absolute atomic E-state index is 0.0504. The van der Waals surface area contributed by atoms with E-state index in [4.69, 9.17) is 5.73 Å². The standard InChI is InChI=1S/C12H12N6O2S/c1-18-7-16-11(13)12(18)21(19,20)17-8-2-3-9-10(6-8)15-5-4-14-9/h2-7,17H,13H2,1H3. The van der Waals surface area contributed by atoms with Crippen molar-refractivity contribution in [2.45, 2.75) is 5.03 Å². The van der Waals surface area contributed by atoms with Gasteiger partial charge in [0.05, 0.1) is 23.0 Å². The van der Waals surface area contributed by atoms with Gasteiger partial charge >= 0.3 is 0 Å². The van der Waals surface area contributed by atoms with Crippen molar-refractivity contribution >= 4 is 32.6 Å². The number of aryl methyl sites for hydroxylation is 1. The van der Waals surface area contributed by atoms with Crippen molar-refractivity contribution in [3.05, 3.63) is 36.9 Å². The van der Waals surface area contributed by atoms with Gasteiger partial charge in [0.25, 0.3) is 10.0 Å². The van der Waals surface area contributed by atoms with Gasteiger partial charge in [0.2, 0.25) is 0 Å². The first-order valence-electron chi connectivity index (χ1n) is 5.98. The molecule has 0 saturated heterocycles. The second-order valence-corrected chi connectivity index (χ2v) is 6.01. The molecular formula is C12H12N6O2S. The Kier molecular flexibility index (Phi) is 2.98. The number of rotatable bonds is 3. The third kappa shape index (κ3) is 2.38. The van der Waals surface area contributed by atoms with Crippen LogP contribution < -0.4 is 10.5 Å². The van der Waals surface area contributed by atoms with Gasteiger partial charge < -0.3 is 10.3 Å². The van der Waals surface area contributed by atoms with Crippen LogP contribution in [0.15, 0.2) is 41.9 Å². The van der Waals surface area contributed by atoms with Crippen LogP contribution >= 0.6 is 0 Å². The average Bonchev–Trinajstić information content (AvgIpc) is 2.78. The molecule has 0 atom stereocenters. The Morgan fingerprint density at radius 1 is 1.14 bits per heavy atom. The molecule has 0 aliphatic carbocycles. The first-order chi connectivity index (χ1) is 9.97. The van der Waals surface area contributed by atoms with Gasteiger partial charge in [-0.05, 0) is 18.2 Å². The summed E-state index contributed by atoms with van der Waals surface area (Å²) in [6.07, 6.45) is 4.46. The number of nitrogens with two attached hydrogens (primary N) is 1. The van der Waals surface area contributed by atoms with Gasteiger partial charge in [0.1, 0.15) is 0 Å². The Morgan fingerprint density at radius 2 is 1.86 bits per heavy atom. The van der Waals surface area contributed by atoms with Crippen molar-refractivity contribution in [3.8, 4) is 0 Å². The van der Waals surface area contributed by atoms with Crippen LogP contribution in [0.5, 0.6) is 0 Å². The second-order valence-electron chi connectivity index (χ2n) is 4.41. The molecule has 8 nitrogen and oxygen atoms in total. The molecule has 21 heavy (non-hydrogen) atoms. The van der Waals surface area contributed by atoms with Gasteiger partial charge in [-0.3, -0.25) is 14.7 Å². The van der Waals surface area contributed by atoms with E-state index in [2.05, 4.69) is 19.7 Å². The van der Waals surface area contributed by atoms with Crippen LogP contribution in [0.4, 0.5) is 11.5 Å². The zero-order valence-corrected chi connectivity index (χ0v) is 11.9. The summed E-state index contributed by atoms with van der Waals surface area (Å²) in [6.45, 7) is 0. The van der Waals surface area contributed by atoms with Crippen LogP contribution in [0, 0.1) is 0 Å². The summed E-state index contributed by atoms with van der Waals surface area (Å²) in [6, 6.07) is 4.90. The van der Waals surface area contributed by atoms with Crippen LogP contribution in [0.3, 0.4) is 0 Å². The van der Waals surface area contributed by atoms with Crippen LogP contribution in [-0.2, 0) is 17.1 Å². The lowest BCUT2D eigenvalue weighted by Gasteiger charge is -2.09. The highest BCUT2D eigenvalue weighted by Crippen LogP contribution is 2.21. The second kappa shape index (κ2) is 4.70. The monoisotopic (exact) mass is 304 g/mol. The fourth-order valence-corrected chi connectivity index (χ4v) is 3.28. The van der Waals surface area contributed by atoms with Gasteiger partial charge in [0.15, 0.2) is 10.8 Å². The molecule has 2 aromatic heterocycles. The van der Waals surface area contributed by atoms with Crippen molar-refractivity contribution in [2.75, 3.05) is 10.5 Å². The van der Waals surface area contributed by atoms with Crippen LogP contribution in [0.25, 0.3) is 11.0 Å². The Hall–Kier alpha value is -2.68. The molecule has 3 aromatic rings. The third-order valence-electron chi connectivity index (χ3n) is 2.89. The number of aromatic nitrogens is 4. The molecule has 0 bridgehead atoms. The van der Waals surface area contributed by atoms with Gasteiger partial charge in [-0.15, -0.1) is 0 Å². The van der Waals surface area contributed by atoms with Crippen LogP contribution in [-0.4, -0.2) is 27.9 Å². The Labute approximate surface area is 120 Å². The van der Waals surface area contributed by atoms with E-state index >= 15 is 0 Å². The minimum atomic E-state index is -3.82. The van der Waals surface area contributed by atoms with Gasteiger partial charge in [-0.25, -0.2) is 4.98 Å². The molecule has 108 valence electrons. The molecule has 0 aliphatic heterocycles. The lowest BCUT2D eigenvalue weighted by Crippen LogP contribution is -2.17. The third-order valence-corrected chi connectivity index (χ3v) is 4.40. The van der Waals surface area contributed by atoms with Crippen molar-refractivity contribution < 1.29 is 8.42 Å². The zero-order valence-electron chi connectivity index (χ0n) is 11.1. The average molecular weight is 304 g/mol. The summed E-state index contributed by atoms with van der Waals surface area (Å²) < 4.78 is 28.5. The number of hydrogen-bond acceptors (Lipinski definition) is 6. The Balaban J connectivity index is 2.01. The van der Waals surface area contributed by atoms with Crippen LogP contribution in [0.2, 0.25) is 0 Å². The summed E-state index contributed by atoms with van der Waals surface area (Å²) >= 11 is 0. The number of nitrogens with zero attached hydrogens (tertiary/aromatic N) is 4. The summed E-state index contributed by atoms with van der Waals surface area (Å²) in [5, 5.41) is -0.0817. The number of nitrogen functional groups attached to an aromatic ring is 1. The van der Waals surface area contributed by atoms with E-state index in [0.29, 0.717) is 16.7 Å². The Morgan fingerprint density at radius 3 is 2.52 bits per heavy atom. The van der Waals surface area contributed by atoms with E-state index in [-0.39, 0.29) is 10.8 Å². The number of benzene rings is 1. The molecule has 0 saturated carbocycles. The maximum absolute atomic E-state index is 12.4. The molecule has 3 N–H and O–H groups in total. The maximum Gasteiger partial charge on any atom is 0.281 e. The first kappa shape index (κ1) is 13.3. The molecule has 2 heterocycles. The zero-order chi connectivity index (χ0) is 15.0. The fraction of sp³-hybridized carbons (Fsp3) is 0.0833. The summed E-state index contributed by atoms with van der Waals surface area (Å²) in [5.74, 6) is -0.0504. The largest absolute Gasteiger partial charge is 0.381 e. The molecule has 1 aromatic carbocycles. The van der Waals surface area contributed by atoms with E-state index in [1.807, 2.05) is 0 Å². The molecular weight excluding hydrogens is 292 g/mol. The van der Waals surface area contributed by atoms with Gasteiger partial charge in [0, 0.05) is 19.4 Å². The first-order valence-corrected chi connectivity index (χ1v) is 7.46. The topological polar surface area (TPSA) is 116 Å². The van der Waals surface area contributed by atoms with Crippen molar-refractivity contribution in [2.24, 2.45) is 7.05 Å². The summed E-state index contributed by atoms with van der Waals surface area (Å²) in [5.41, 5.74) is 7.25.